The Labute approximate surface area is 147 Å². The standard InChI is InChI=1S/C20H34N2O2/c1-7-8-16-9-11-18(12-10-16)21-13-17(15(2)3)14-22-19(23)24-20(4,5)6/h9-12,15,17,21H,7-8,13-14H2,1-6H3,(H,22,23). The highest BCUT2D eigenvalue weighted by Crippen LogP contribution is 2.15. The number of rotatable bonds is 8. The molecule has 1 atom stereocenters. The molecule has 0 heterocycles. The molecular formula is C20H34N2O2. The van der Waals surface area contributed by atoms with Crippen LogP contribution in [0, 0.1) is 11.8 Å². The Morgan fingerprint density at radius 1 is 1.12 bits per heavy atom. The van der Waals surface area contributed by atoms with Crippen molar-refractivity contribution in [2.24, 2.45) is 11.8 Å². The summed E-state index contributed by atoms with van der Waals surface area (Å²) in [5.41, 5.74) is 2.03. The second-order valence-electron chi connectivity index (χ2n) is 7.71. The van der Waals surface area contributed by atoms with Crippen LogP contribution >= 0.6 is 0 Å². The second kappa shape index (κ2) is 9.55. The van der Waals surface area contributed by atoms with Gasteiger partial charge in [0.2, 0.25) is 0 Å². The molecule has 0 saturated carbocycles. The molecule has 24 heavy (non-hydrogen) atoms. The molecule has 1 amide bonds. The minimum absolute atomic E-state index is 0.341. The van der Waals surface area contributed by atoms with Crippen LogP contribution in [0.1, 0.15) is 53.5 Å². The lowest BCUT2D eigenvalue weighted by molar-refractivity contribution is 0.0516. The van der Waals surface area contributed by atoms with Gasteiger partial charge in [0.1, 0.15) is 5.60 Å². The molecule has 0 fully saturated rings. The number of hydrogen-bond donors (Lipinski definition) is 2. The first-order chi connectivity index (χ1) is 11.2. The van der Waals surface area contributed by atoms with Crippen molar-refractivity contribution in [3.05, 3.63) is 29.8 Å². The summed E-state index contributed by atoms with van der Waals surface area (Å²) in [6.45, 7) is 13.6. The van der Waals surface area contributed by atoms with Crippen molar-refractivity contribution < 1.29 is 9.53 Å². The lowest BCUT2D eigenvalue weighted by atomic mass is 9.95. The normalized spacial score (nSPS) is 12.8. The number of anilines is 1. The molecule has 0 aliphatic heterocycles. The molecule has 1 rings (SSSR count). The summed E-state index contributed by atoms with van der Waals surface area (Å²) < 4.78 is 5.30. The average Bonchev–Trinajstić information content (AvgIpc) is 2.47. The highest BCUT2D eigenvalue weighted by molar-refractivity contribution is 5.67. The number of aryl methyl sites for hydroxylation is 1. The van der Waals surface area contributed by atoms with Crippen molar-refractivity contribution >= 4 is 11.8 Å². The third-order valence-corrected chi connectivity index (χ3v) is 3.91. The van der Waals surface area contributed by atoms with E-state index in [0.717, 1.165) is 18.7 Å². The zero-order valence-corrected chi connectivity index (χ0v) is 16.1. The maximum absolute atomic E-state index is 11.8. The third kappa shape index (κ3) is 8.23. The van der Waals surface area contributed by atoms with Crippen LogP contribution in [0.15, 0.2) is 24.3 Å². The number of benzene rings is 1. The van der Waals surface area contributed by atoms with Crippen molar-refractivity contribution in [1.82, 2.24) is 5.32 Å². The first kappa shape index (κ1) is 20.3. The molecule has 0 aliphatic rings. The molecule has 2 N–H and O–H groups in total. The van der Waals surface area contributed by atoms with Crippen LogP contribution in [0.3, 0.4) is 0 Å². The number of hydrogen-bond acceptors (Lipinski definition) is 3. The van der Waals surface area contributed by atoms with E-state index in [-0.39, 0.29) is 6.09 Å². The lowest BCUT2D eigenvalue weighted by Gasteiger charge is -2.24. The molecule has 4 heteroatoms. The summed E-state index contributed by atoms with van der Waals surface area (Å²) in [5, 5.41) is 6.36. The van der Waals surface area contributed by atoms with E-state index < -0.39 is 5.60 Å². The number of alkyl carbamates (subject to hydrolysis) is 1. The van der Waals surface area contributed by atoms with Crippen molar-refractivity contribution in [3.63, 3.8) is 0 Å². The van der Waals surface area contributed by atoms with Crippen molar-refractivity contribution in [1.29, 1.82) is 0 Å². The lowest BCUT2D eigenvalue weighted by Crippen LogP contribution is -2.38. The zero-order chi connectivity index (χ0) is 18.2. The van der Waals surface area contributed by atoms with Gasteiger partial charge in [0, 0.05) is 18.8 Å². The number of carbonyl (C=O) groups excluding carboxylic acids is 1. The van der Waals surface area contributed by atoms with Gasteiger partial charge in [0.05, 0.1) is 0 Å². The minimum Gasteiger partial charge on any atom is -0.444 e. The van der Waals surface area contributed by atoms with E-state index in [1.807, 2.05) is 20.8 Å². The Bertz CT molecular complexity index is 489. The molecule has 1 aromatic carbocycles. The van der Waals surface area contributed by atoms with Gasteiger partial charge in [-0.2, -0.15) is 0 Å². The fourth-order valence-corrected chi connectivity index (χ4v) is 2.40. The predicted octanol–water partition coefficient (Wildman–Crippen LogP) is 4.85. The second-order valence-corrected chi connectivity index (χ2v) is 7.71. The third-order valence-electron chi connectivity index (χ3n) is 3.91. The number of nitrogens with one attached hydrogen (secondary N) is 2. The molecule has 1 unspecified atom stereocenters. The summed E-state index contributed by atoms with van der Waals surface area (Å²) in [5.74, 6) is 0.805. The summed E-state index contributed by atoms with van der Waals surface area (Å²) in [4.78, 5) is 11.8. The molecule has 0 saturated heterocycles. The molecule has 0 aromatic heterocycles. The Balaban J connectivity index is 2.47. The SMILES string of the molecule is CCCc1ccc(NCC(CNC(=O)OC(C)(C)C)C(C)C)cc1. The van der Waals surface area contributed by atoms with Crippen LogP contribution in [0.4, 0.5) is 10.5 Å². The number of ether oxygens (including phenoxy) is 1. The molecule has 0 aliphatic carbocycles. The predicted molar refractivity (Wildman–Crippen MR) is 101 cm³/mol. The first-order valence-electron chi connectivity index (χ1n) is 9.01. The van der Waals surface area contributed by atoms with Crippen LogP contribution in [-0.4, -0.2) is 24.8 Å². The fraction of sp³-hybridized carbons (Fsp3) is 0.650. The highest BCUT2D eigenvalue weighted by atomic mass is 16.6. The Kier molecular flexibility index (Phi) is 8.09. The quantitative estimate of drug-likeness (QED) is 0.714. The van der Waals surface area contributed by atoms with Gasteiger partial charge in [-0.25, -0.2) is 4.79 Å². The summed E-state index contributed by atoms with van der Waals surface area (Å²) in [6.07, 6.45) is 1.94. The van der Waals surface area contributed by atoms with Crippen LogP contribution in [-0.2, 0) is 11.2 Å². The largest absolute Gasteiger partial charge is 0.444 e. The molecule has 136 valence electrons. The Hall–Kier alpha value is -1.71. The van der Waals surface area contributed by atoms with E-state index in [2.05, 4.69) is 55.7 Å². The number of amides is 1. The summed E-state index contributed by atoms with van der Waals surface area (Å²) in [6, 6.07) is 8.61. The maximum atomic E-state index is 11.8. The van der Waals surface area contributed by atoms with Crippen molar-refractivity contribution in [2.45, 2.75) is 60.0 Å². The van der Waals surface area contributed by atoms with Gasteiger partial charge in [-0.05, 0) is 56.7 Å². The van der Waals surface area contributed by atoms with Crippen LogP contribution in [0.2, 0.25) is 0 Å². The van der Waals surface area contributed by atoms with Gasteiger partial charge in [-0.3, -0.25) is 0 Å². The summed E-state index contributed by atoms with van der Waals surface area (Å²) in [7, 11) is 0. The van der Waals surface area contributed by atoms with Crippen LogP contribution in [0.25, 0.3) is 0 Å². The zero-order valence-electron chi connectivity index (χ0n) is 16.1. The Morgan fingerprint density at radius 2 is 1.75 bits per heavy atom. The first-order valence-corrected chi connectivity index (χ1v) is 9.01. The van der Waals surface area contributed by atoms with E-state index >= 15 is 0 Å². The molecule has 0 spiro atoms. The van der Waals surface area contributed by atoms with Crippen LogP contribution in [0.5, 0.6) is 0 Å². The topological polar surface area (TPSA) is 50.4 Å². The van der Waals surface area contributed by atoms with Gasteiger partial charge in [0.15, 0.2) is 0 Å². The van der Waals surface area contributed by atoms with Gasteiger partial charge in [-0.1, -0.05) is 39.3 Å². The van der Waals surface area contributed by atoms with Gasteiger partial charge in [0.25, 0.3) is 0 Å². The van der Waals surface area contributed by atoms with Gasteiger partial charge >= 0.3 is 6.09 Å². The van der Waals surface area contributed by atoms with Crippen molar-refractivity contribution in [3.8, 4) is 0 Å². The highest BCUT2D eigenvalue weighted by Gasteiger charge is 2.19. The smallest absolute Gasteiger partial charge is 0.407 e. The molecule has 4 nitrogen and oxygen atoms in total. The van der Waals surface area contributed by atoms with E-state index in [4.69, 9.17) is 4.74 Å². The average molecular weight is 335 g/mol. The van der Waals surface area contributed by atoms with E-state index in [9.17, 15) is 4.79 Å². The van der Waals surface area contributed by atoms with E-state index in [1.54, 1.807) is 0 Å². The fourth-order valence-electron chi connectivity index (χ4n) is 2.40. The number of carbonyl (C=O) groups is 1. The molecule has 1 aromatic rings. The summed E-state index contributed by atoms with van der Waals surface area (Å²) >= 11 is 0. The van der Waals surface area contributed by atoms with Crippen molar-refractivity contribution in [2.75, 3.05) is 18.4 Å². The molecule has 0 bridgehead atoms. The van der Waals surface area contributed by atoms with Gasteiger partial charge in [-0.15, -0.1) is 0 Å². The van der Waals surface area contributed by atoms with Crippen LogP contribution < -0.4 is 10.6 Å². The Morgan fingerprint density at radius 3 is 2.25 bits per heavy atom. The maximum Gasteiger partial charge on any atom is 0.407 e. The van der Waals surface area contributed by atoms with Gasteiger partial charge < -0.3 is 15.4 Å². The monoisotopic (exact) mass is 334 g/mol. The minimum atomic E-state index is -0.462. The van der Waals surface area contributed by atoms with E-state index in [0.29, 0.717) is 18.4 Å². The molecule has 0 radical (unpaired) electrons. The molecular weight excluding hydrogens is 300 g/mol. The van der Waals surface area contributed by atoms with E-state index in [1.165, 1.54) is 12.0 Å².